The van der Waals surface area contributed by atoms with Crippen LogP contribution in [0.15, 0.2) is 18.2 Å². The Balaban J connectivity index is 2.04. The number of nitro benzene ring substituents is 1. The minimum Gasteiger partial charge on any atom is -0.490 e. The number of nitro groups is 1. The Kier molecular flexibility index (Phi) is 6.20. The molecule has 1 aromatic rings. The van der Waals surface area contributed by atoms with Gasteiger partial charge in [0.05, 0.1) is 30.0 Å². The van der Waals surface area contributed by atoms with Crippen LogP contribution in [0.25, 0.3) is 0 Å². The normalized spacial score (nSPS) is 21.7. The number of nitrogens with one attached hydrogen (secondary N) is 1. The number of anilines is 1. The maximum absolute atomic E-state index is 12.5. The van der Waals surface area contributed by atoms with Gasteiger partial charge in [0.15, 0.2) is 5.75 Å². The lowest BCUT2D eigenvalue weighted by Crippen LogP contribution is -2.49. The second kappa shape index (κ2) is 7.98. The Hall–Kier alpha value is -1.91. The topological polar surface area (TPSA) is 111 Å². The molecule has 25 heavy (non-hydrogen) atoms. The predicted molar refractivity (Wildman–Crippen MR) is 93.5 cm³/mol. The van der Waals surface area contributed by atoms with Crippen molar-refractivity contribution in [1.82, 2.24) is 4.31 Å². The van der Waals surface area contributed by atoms with Crippen molar-refractivity contribution in [3.05, 3.63) is 28.3 Å². The van der Waals surface area contributed by atoms with Gasteiger partial charge in [0.25, 0.3) is 0 Å². The van der Waals surface area contributed by atoms with Crippen molar-refractivity contribution in [1.29, 1.82) is 0 Å². The number of hydrogen-bond donors (Lipinski definition) is 1. The van der Waals surface area contributed by atoms with Gasteiger partial charge in [-0.3, -0.25) is 10.1 Å². The van der Waals surface area contributed by atoms with Crippen LogP contribution in [0, 0.1) is 10.1 Å². The van der Waals surface area contributed by atoms with Crippen molar-refractivity contribution in [2.24, 2.45) is 0 Å². The molecule has 10 heteroatoms. The fourth-order valence-corrected chi connectivity index (χ4v) is 4.31. The summed E-state index contributed by atoms with van der Waals surface area (Å²) in [6, 6.07) is 4.61. The Bertz CT molecular complexity index is 714. The summed E-state index contributed by atoms with van der Waals surface area (Å²) < 4.78 is 36.9. The number of rotatable bonds is 7. The van der Waals surface area contributed by atoms with Crippen LogP contribution in [-0.2, 0) is 14.8 Å². The van der Waals surface area contributed by atoms with Crippen molar-refractivity contribution in [3.8, 4) is 5.75 Å². The van der Waals surface area contributed by atoms with E-state index >= 15 is 0 Å². The maximum atomic E-state index is 12.5. The molecule has 0 aliphatic carbocycles. The van der Waals surface area contributed by atoms with E-state index in [1.807, 2.05) is 13.8 Å². The Morgan fingerprint density at radius 3 is 2.56 bits per heavy atom. The molecule has 0 aromatic heterocycles. The van der Waals surface area contributed by atoms with Crippen molar-refractivity contribution >= 4 is 21.4 Å². The number of hydrogen-bond acceptors (Lipinski definition) is 7. The SMILES string of the molecule is COc1cccc(NCCS(=O)(=O)N2C[C@@H](C)O[C@H](C)C2)c1[N+](=O)[O-]. The van der Waals surface area contributed by atoms with Gasteiger partial charge in [-0.15, -0.1) is 0 Å². The molecular weight excluding hydrogens is 350 g/mol. The summed E-state index contributed by atoms with van der Waals surface area (Å²) >= 11 is 0. The lowest BCUT2D eigenvalue weighted by Gasteiger charge is -2.34. The van der Waals surface area contributed by atoms with Crippen LogP contribution in [0.2, 0.25) is 0 Å². The fraction of sp³-hybridized carbons (Fsp3) is 0.600. The molecule has 1 N–H and O–H groups in total. The van der Waals surface area contributed by atoms with Crippen LogP contribution in [0.1, 0.15) is 13.8 Å². The van der Waals surface area contributed by atoms with Crippen molar-refractivity contribution in [2.45, 2.75) is 26.1 Å². The quantitative estimate of drug-likeness (QED) is 0.569. The molecule has 1 fully saturated rings. The Labute approximate surface area is 147 Å². The Morgan fingerprint density at radius 1 is 1.36 bits per heavy atom. The van der Waals surface area contributed by atoms with E-state index < -0.39 is 14.9 Å². The van der Waals surface area contributed by atoms with E-state index in [2.05, 4.69) is 5.32 Å². The zero-order valence-corrected chi connectivity index (χ0v) is 15.3. The van der Waals surface area contributed by atoms with Gasteiger partial charge in [-0.25, -0.2) is 8.42 Å². The third kappa shape index (κ3) is 4.80. The minimum absolute atomic E-state index is 0.0520. The highest BCUT2D eigenvalue weighted by molar-refractivity contribution is 7.89. The van der Waals surface area contributed by atoms with Gasteiger partial charge in [-0.1, -0.05) is 6.07 Å². The van der Waals surface area contributed by atoms with Crippen LogP contribution in [0.5, 0.6) is 5.75 Å². The monoisotopic (exact) mass is 373 g/mol. The molecule has 0 bridgehead atoms. The van der Waals surface area contributed by atoms with Gasteiger partial charge >= 0.3 is 5.69 Å². The van der Waals surface area contributed by atoms with E-state index in [0.29, 0.717) is 13.1 Å². The van der Waals surface area contributed by atoms with Crippen molar-refractivity contribution in [2.75, 3.05) is 37.8 Å². The smallest absolute Gasteiger partial charge is 0.333 e. The molecule has 1 aromatic carbocycles. The molecule has 9 nitrogen and oxygen atoms in total. The molecule has 0 spiro atoms. The molecule has 2 atom stereocenters. The van der Waals surface area contributed by atoms with Gasteiger partial charge in [-0.05, 0) is 26.0 Å². The number of morpholine rings is 1. The second-order valence-corrected chi connectivity index (χ2v) is 8.02. The molecule has 0 amide bonds. The highest BCUT2D eigenvalue weighted by Gasteiger charge is 2.30. The molecule has 0 radical (unpaired) electrons. The number of para-hydroxylation sites is 1. The third-order valence-corrected chi connectivity index (χ3v) is 5.66. The molecule has 1 heterocycles. The first-order valence-electron chi connectivity index (χ1n) is 7.93. The predicted octanol–water partition coefficient (Wildman–Crippen LogP) is 1.45. The van der Waals surface area contributed by atoms with Gasteiger partial charge < -0.3 is 14.8 Å². The van der Waals surface area contributed by atoms with E-state index in [9.17, 15) is 18.5 Å². The lowest BCUT2D eigenvalue weighted by atomic mass is 10.2. The molecule has 1 aliphatic rings. The molecule has 140 valence electrons. The van der Waals surface area contributed by atoms with Crippen molar-refractivity contribution in [3.63, 3.8) is 0 Å². The second-order valence-electron chi connectivity index (χ2n) is 5.93. The van der Waals surface area contributed by atoms with Gasteiger partial charge in [0.2, 0.25) is 10.0 Å². The summed E-state index contributed by atoms with van der Waals surface area (Å²) in [5.74, 6) is -0.0467. The van der Waals surface area contributed by atoms with Gasteiger partial charge in [-0.2, -0.15) is 4.31 Å². The Morgan fingerprint density at radius 2 is 2.00 bits per heavy atom. The lowest BCUT2D eigenvalue weighted by molar-refractivity contribution is -0.384. The van der Waals surface area contributed by atoms with E-state index in [-0.39, 0.29) is 41.6 Å². The number of benzene rings is 1. The number of methoxy groups -OCH3 is 1. The van der Waals surface area contributed by atoms with E-state index in [1.54, 1.807) is 6.07 Å². The summed E-state index contributed by atoms with van der Waals surface area (Å²) in [5, 5.41) is 14.1. The van der Waals surface area contributed by atoms with Crippen molar-refractivity contribution < 1.29 is 22.8 Å². The van der Waals surface area contributed by atoms with Crippen LogP contribution >= 0.6 is 0 Å². The molecule has 0 unspecified atom stereocenters. The summed E-state index contributed by atoms with van der Waals surface area (Å²) in [7, 11) is -2.13. The molecule has 2 rings (SSSR count). The van der Waals surface area contributed by atoms with Crippen LogP contribution in [-0.4, -0.2) is 62.4 Å². The molecular formula is C15H23N3O6S. The molecule has 1 saturated heterocycles. The zero-order valence-electron chi connectivity index (χ0n) is 14.5. The first-order valence-corrected chi connectivity index (χ1v) is 9.54. The highest BCUT2D eigenvalue weighted by atomic mass is 32.2. The van der Waals surface area contributed by atoms with Gasteiger partial charge in [0.1, 0.15) is 5.69 Å². The van der Waals surface area contributed by atoms with Crippen LogP contribution in [0.3, 0.4) is 0 Å². The van der Waals surface area contributed by atoms with E-state index in [0.717, 1.165) is 0 Å². The zero-order chi connectivity index (χ0) is 18.6. The van der Waals surface area contributed by atoms with E-state index in [1.165, 1.54) is 23.5 Å². The summed E-state index contributed by atoms with van der Waals surface area (Å²) in [4.78, 5) is 10.7. The molecule has 0 saturated carbocycles. The standard InChI is InChI=1S/C15H23N3O6S/c1-11-9-17(10-12(2)24-11)25(21,22)8-7-16-13-5-4-6-14(23-3)15(13)18(19)20/h4-6,11-12,16H,7-10H2,1-3H3/t11-,12-/m1/s1. The minimum atomic E-state index is -3.48. The molecule has 1 aliphatic heterocycles. The number of ether oxygens (including phenoxy) is 2. The maximum Gasteiger partial charge on any atom is 0.333 e. The van der Waals surface area contributed by atoms with E-state index in [4.69, 9.17) is 9.47 Å². The summed E-state index contributed by atoms with van der Waals surface area (Å²) in [6.45, 7) is 4.33. The van der Waals surface area contributed by atoms with Gasteiger partial charge in [0, 0.05) is 19.6 Å². The fourth-order valence-electron chi connectivity index (χ4n) is 2.82. The first kappa shape index (κ1) is 19.4. The average molecular weight is 373 g/mol. The number of nitrogens with zero attached hydrogens (tertiary/aromatic N) is 2. The van der Waals surface area contributed by atoms with Crippen LogP contribution < -0.4 is 10.1 Å². The average Bonchev–Trinajstić information content (AvgIpc) is 2.53. The first-order chi connectivity index (χ1) is 11.7. The highest BCUT2D eigenvalue weighted by Crippen LogP contribution is 2.34. The van der Waals surface area contributed by atoms with Crippen LogP contribution in [0.4, 0.5) is 11.4 Å². The number of sulfonamides is 1. The summed E-state index contributed by atoms with van der Waals surface area (Å²) in [5.41, 5.74) is 0.0132. The third-order valence-electron chi connectivity index (χ3n) is 3.86. The summed E-state index contributed by atoms with van der Waals surface area (Å²) in [6.07, 6.45) is -0.322. The largest absolute Gasteiger partial charge is 0.490 e.